The number of nitrogens with one attached hydrogen (secondary N) is 1. The van der Waals surface area contributed by atoms with E-state index in [0.29, 0.717) is 17.8 Å². The van der Waals surface area contributed by atoms with Crippen molar-refractivity contribution in [3.05, 3.63) is 106 Å². The van der Waals surface area contributed by atoms with Gasteiger partial charge in [0.1, 0.15) is 6.54 Å². The number of aromatic nitrogens is 1. The van der Waals surface area contributed by atoms with Crippen LogP contribution in [0.4, 0.5) is 10.5 Å². The van der Waals surface area contributed by atoms with Crippen molar-refractivity contribution in [2.75, 3.05) is 11.9 Å². The Labute approximate surface area is 224 Å². The van der Waals surface area contributed by atoms with Crippen LogP contribution in [0.2, 0.25) is 0 Å². The topological polar surface area (TPSA) is 95.2 Å². The second-order valence-electron chi connectivity index (χ2n) is 9.00. The number of hydrogen-bond donors (Lipinski definition) is 1. The average molecular weight is 521 g/mol. The zero-order chi connectivity index (χ0) is 26.8. The van der Waals surface area contributed by atoms with Crippen molar-refractivity contribution in [2.24, 2.45) is 0 Å². The van der Waals surface area contributed by atoms with Gasteiger partial charge in [-0.25, -0.2) is 0 Å². The molecule has 1 fully saturated rings. The summed E-state index contributed by atoms with van der Waals surface area (Å²) in [4.78, 5) is 39.8. The molecular weight excluding hydrogens is 496 g/mol. The van der Waals surface area contributed by atoms with E-state index in [1.165, 1.54) is 0 Å². The maximum atomic E-state index is 13.2. The summed E-state index contributed by atoms with van der Waals surface area (Å²) in [5, 5.41) is 12.8. The van der Waals surface area contributed by atoms with Crippen LogP contribution in [-0.4, -0.2) is 33.1 Å². The lowest BCUT2D eigenvalue weighted by Crippen LogP contribution is -2.36. The van der Waals surface area contributed by atoms with E-state index in [0.717, 1.165) is 49.9 Å². The van der Waals surface area contributed by atoms with Crippen molar-refractivity contribution >= 4 is 51.5 Å². The molecule has 0 radical (unpaired) electrons. The molecule has 188 valence electrons. The first-order valence-corrected chi connectivity index (χ1v) is 12.9. The number of carbonyl (C=O) groups is 3. The molecule has 5 rings (SSSR count). The fraction of sp³-hybridized carbons (Fsp3) is 0.133. The molecule has 38 heavy (non-hydrogen) atoms. The first-order chi connectivity index (χ1) is 18.4. The van der Waals surface area contributed by atoms with E-state index in [4.69, 9.17) is 0 Å². The Kier molecular flexibility index (Phi) is 6.86. The molecule has 1 saturated heterocycles. The fourth-order valence-corrected chi connectivity index (χ4v) is 5.42. The Morgan fingerprint density at radius 3 is 2.50 bits per heavy atom. The van der Waals surface area contributed by atoms with Gasteiger partial charge < -0.3 is 9.88 Å². The summed E-state index contributed by atoms with van der Waals surface area (Å²) < 4.78 is 2.11. The third kappa shape index (κ3) is 4.72. The molecule has 8 heteroatoms. The number of thioether (sulfide) groups is 1. The van der Waals surface area contributed by atoms with Crippen LogP contribution in [0.1, 0.15) is 27.9 Å². The van der Waals surface area contributed by atoms with Gasteiger partial charge in [0.2, 0.25) is 5.91 Å². The predicted molar refractivity (Wildman–Crippen MR) is 149 cm³/mol. The molecule has 0 saturated carbocycles. The number of anilines is 1. The summed E-state index contributed by atoms with van der Waals surface area (Å²) in [5.74, 6) is -0.933. The van der Waals surface area contributed by atoms with Crippen molar-refractivity contribution in [1.29, 1.82) is 5.26 Å². The van der Waals surface area contributed by atoms with Gasteiger partial charge in [-0.15, -0.1) is 0 Å². The lowest BCUT2D eigenvalue weighted by Gasteiger charge is -2.13. The highest BCUT2D eigenvalue weighted by atomic mass is 32.2. The predicted octanol–water partition coefficient (Wildman–Crippen LogP) is 5.85. The number of imide groups is 1. The standard InChI is InChI=1S/C30H24N4O3S/c1-19-9-3-7-13-25(19)32-28(35)18-34-29(36)27(38-30(34)37)15-24-20(2)33(26-14-8-6-12-23(24)26)17-22-11-5-4-10-21(22)16-31/h3-15H,17-18H2,1-2H3,(H,32,35)/b27-15-. The molecule has 0 bridgehead atoms. The van der Waals surface area contributed by atoms with Crippen LogP contribution >= 0.6 is 11.8 Å². The number of nitrogens with zero attached hydrogens (tertiary/aromatic N) is 3. The normalized spacial score (nSPS) is 14.3. The molecule has 0 unspecified atom stereocenters. The Balaban J connectivity index is 1.44. The third-order valence-corrected chi connectivity index (χ3v) is 7.52. The molecule has 1 aromatic heterocycles. The zero-order valence-corrected chi connectivity index (χ0v) is 21.7. The van der Waals surface area contributed by atoms with Crippen molar-refractivity contribution in [2.45, 2.75) is 20.4 Å². The molecule has 3 amide bonds. The molecular formula is C30H24N4O3S. The summed E-state index contributed by atoms with van der Waals surface area (Å²) in [6.45, 7) is 3.96. The lowest BCUT2D eigenvalue weighted by molar-refractivity contribution is -0.127. The highest BCUT2D eigenvalue weighted by Crippen LogP contribution is 2.36. The molecule has 0 atom stereocenters. The van der Waals surface area contributed by atoms with Crippen LogP contribution in [0.25, 0.3) is 17.0 Å². The molecule has 2 heterocycles. The summed E-state index contributed by atoms with van der Waals surface area (Å²) in [6.07, 6.45) is 1.73. The number of rotatable bonds is 6. The van der Waals surface area contributed by atoms with Gasteiger partial charge in [-0.3, -0.25) is 19.3 Å². The smallest absolute Gasteiger partial charge is 0.294 e. The van der Waals surface area contributed by atoms with Gasteiger partial charge in [-0.1, -0.05) is 54.6 Å². The monoisotopic (exact) mass is 520 g/mol. The van der Waals surface area contributed by atoms with E-state index in [-0.39, 0.29) is 11.4 Å². The van der Waals surface area contributed by atoms with Gasteiger partial charge in [0.25, 0.3) is 11.1 Å². The highest BCUT2D eigenvalue weighted by Gasteiger charge is 2.36. The maximum Gasteiger partial charge on any atom is 0.294 e. The second-order valence-corrected chi connectivity index (χ2v) is 10.00. The molecule has 0 aliphatic carbocycles. The minimum atomic E-state index is -0.494. The van der Waals surface area contributed by atoms with Crippen molar-refractivity contribution in [3.63, 3.8) is 0 Å². The minimum Gasteiger partial charge on any atom is -0.340 e. The number of amides is 3. The molecule has 1 N–H and O–H groups in total. The molecule has 0 spiro atoms. The van der Waals surface area contributed by atoms with E-state index in [1.807, 2.05) is 74.5 Å². The van der Waals surface area contributed by atoms with Crippen molar-refractivity contribution in [1.82, 2.24) is 9.47 Å². The van der Waals surface area contributed by atoms with Gasteiger partial charge in [-0.05, 0) is 61.0 Å². The minimum absolute atomic E-state index is 0.266. The van der Waals surface area contributed by atoms with E-state index >= 15 is 0 Å². The van der Waals surface area contributed by atoms with Gasteiger partial charge in [-0.2, -0.15) is 5.26 Å². The first-order valence-electron chi connectivity index (χ1n) is 12.0. The summed E-state index contributed by atoms with van der Waals surface area (Å²) in [6, 6.07) is 24.9. The van der Waals surface area contributed by atoms with Gasteiger partial charge >= 0.3 is 0 Å². The molecule has 1 aliphatic rings. The summed E-state index contributed by atoms with van der Waals surface area (Å²) in [5.41, 5.74) is 5.72. The molecule has 3 aromatic carbocycles. The molecule has 7 nitrogen and oxygen atoms in total. The van der Waals surface area contributed by atoms with E-state index in [1.54, 1.807) is 18.2 Å². The van der Waals surface area contributed by atoms with Crippen molar-refractivity contribution in [3.8, 4) is 6.07 Å². The number of carbonyl (C=O) groups excluding carboxylic acids is 3. The van der Waals surface area contributed by atoms with Crippen LogP contribution < -0.4 is 5.32 Å². The Bertz CT molecular complexity index is 1680. The number of fused-ring (bicyclic) bond motifs is 1. The van der Waals surface area contributed by atoms with Crippen LogP contribution in [-0.2, 0) is 16.1 Å². The Morgan fingerprint density at radius 1 is 1.00 bits per heavy atom. The third-order valence-electron chi connectivity index (χ3n) is 6.62. The van der Waals surface area contributed by atoms with Gasteiger partial charge in [0.15, 0.2) is 0 Å². The number of para-hydroxylation sites is 2. The van der Waals surface area contributed by atoms with E-state index in [9.17, 15) is 19.6 Å². The number of benzene rings is 3. The van der Waals surface area contributed by atoms with Gasteiger partial charge in [0, 0.05) is 34.4 Å². The Morgan fingerprint density at radius 2 is 1.71 bits per heavy atom. The summed E-state index contributed by atoms with van der Waals surface area (Å²) in [7, 11) is 0. The second kappa shape index (κ2) is 10.4. The molecule has 1 aliphatic heterocycles. The van der Waals surface area contributed by atoms with Crippen molar-refractivity contribution < 1.29 is 14.4 Å². The fourth-order valence-electron chi connectivity index (χ4n) is 4.60. The maximum absolute atomic E-state index is 13.2. The van der Waals surface area contributed by atoms with Crippen LogP contribution in [0.3, 0.4) is 0 Å². The van der Waals surface area contributed by atoms with E-state index < -0.39 is 17.1 Å². The first kappa shape index (κ1) is 25.1. The quantitative estimate of drug-likeness (QED) is 0.322. The van der Waals surface area contributed by atoms with Crippen LogP contribution in [0.15, 0.2) is 77.7 Å². The summed E-state index contributed by atoms with van der Waals surface area (Å²) >= 11 is 0.831. The largest absolute Gasteiger partial charge is 0.340 e. The lowest BCUT2D eigenvalue weighted by atomic mass is 10.1. The van der Waals surface area contributed by atoms with E-state index in [2.05, 4.69) is 16.0 Å². The van der Waals surface area contributed by atoms with Crippen LogP contribution in [0.5, 0.6) is 0 Å². The molecule has 4 aromatic rings. The highest BCUT2D eigenvalue weighted by molar-refractivity contribution is 8.18. The zero-order valence-electron chi connectivity index (χ0n) is 20.9. The SMILES string of the molecule is Cc1ccccc1NC(=O)CN1C(=O)S/C(=C\c2c(C)n(Cc3ccccc3C#N)c3ccccc23)C1=O. The number of hydrogen-bond acceptors (Lipinski definition) is 5. The van der Waals surface area contributed by atoms with Gasteiger partial charge in [0.05, 0.1) is 16.5 Å². The Hall–Kier alpha value is -4.61. The average Bonchev–Trinajstić information content (AvgIpc) is 3.33. The number of nitriles is 1. The number of aryl methyl sites for hydroxylation is 1. The van der Waals surface area contributed by atoms with Crippen LogP contribution in [0, 0.1) is 25.2 Å².